The van der Waals surface area contributed by atoms with Gasteiger partial charge in [-0.2, -0.15) is 0 Å². The molecular formula is C17H16N4O2S. The Morgan fingerprint density at radius 2 is 2.17 bits per heavy atom. The van der Waals surface area contributed by atoms with E-state index in [1.54, 1.807) is 24.5 Å². The van der Waals surface area contributed by atoms with Crippen molar-refractivity contribution in [3.63, 3.8) is 0 Å². The van der Waals surface area contributed by atoms with Crippen molar-refractivity contribution in [2.45, 2.75) is 20.0 Å². The fourth-order valence-corrected chi connectivity index (χ4v) is 2.88. The van der Waals surface area contributed by atoms with Gasteiger partial charge in [-0.3, -0.25) is 19.1 Å². The molecule has 0 atom stereocenters. The van der Waals surface area contributed by atoms with E-state index in [0.29, 0.717) is 12.2 Å². The molecule has 0 saturated carbocycles. The van der Waals surface area contributed by atoms with Gasteiger partial charge in [0.25, 0.3) is 5.56 Å². The van der Waals surface area contributed by atoms with Crippen molar-refractivity contribution in [2.24, 2.45) is 0 Å². The highest BCUT2D eigenvalue weighted by molar-refractivity contribution is 7.13. The summed E-state index contributed by atoms with van der Waals surface area (Å²) in [5.74, 6) is -0.239. The lowest BCUT2D eigenvalue weighted by Gasteiger charge is -2.08. The van der Waals surface area contributed by atoms with Crippen LogP contribution in [0.3, 0.4) is 0 Å². The molecule has 24 heavy (non-hydrogen) atoms. The lowest BCUT2D eigenvalue weighted by atomic mass is 10.2. The third-order valence-corrected chi connectivity index (χ3v) is 4.31. The number of amides is 1. The van der Waals surface area contributed by atoms with E-state index in [0.717, 1.165) is 16.1 Å². The van der Waals surface area contributed by atoms with E-state index in [2.05, 4.69) is 15.3 Å². The Hall–Kier alpha value is -2.80. The van der Waals surface area contributed by atoms with Gasteiger partial charge in [0.2, 0.25) is 5.91 Å². The molecule has 6 nitrogen and oxygen atoms in total. The maximum atomic E-state index is 12.0. The van der Waals surface area contributed by atoms with Gasteiger partial charge in [-0.25, -0.2) is 4.98 Å². The molecule has 122 valence electrons. The normalized spacial score (nSPS) is 10.5. The molecule has 0 spiro atoms. The molecule has 0 unspecified atom stereocenters. The summed E-state index contributed by atoms with van der Waals surface area (Å²) in [6, 6.07) is 9.20. The van der Waals surface area contributed by atoms with Crippen LogP contribution in [0, 0.1) is 6.92 Å². The van der Waals surface area contributed by atoms with E-state index in [4.69, 9.17) is 0 Å². The molecule has 0 radical (unpaired) electrons. The molecule has 1 N–H and O–H groups in total. The van der Waals surface area contributed by atoms with Crippen molar-refractivity contribution in [3.05, 3.63) is 69.8 Å². The van der Waals surface area contributed by atoms with Gasteiger partial charge in [0.15, 0.2) is 0 Å². The summed E-state index contributed by atoms with van der Waals surface area (Å²) in [7, 11) is 0. The van der Waals surface area contributed by atoms with Gasteiger partial charge in [-0.05, 0) is 36.1 Å². The number of aryl methyl sites for hydroxylation is 1. The summed E-state index contributed by atoms with van der Waals surface area (Å²) in [6.07, 6.45) is 3.11. The maximum absolute atomic E-state index is 12.0. The summed E-state index contributed by atoms with van der Waals surface area (Å²) in [4.78, 5) is 33.2. The van der Waals surface area contributed by atoms with Crippen LogP contribution in [0.2, 0.25) is 0 Å². The average Bonchev–Trinajstić information content (AvgIpc) is 3.10. The number of pyridine rings is 1. The highest BCUT2D eigenvalue weighted by Gasteiger charge is 2.06. The zero-order valence-electron chi connectivity index (χ0n) is 13.1. The van der Waals surface area contributed by atoms with Crippen molar-refractivity contribution in [1.29, 1.82) is 0 Å². The fourth-order valence-electron chi connectivity index (χ4n) is 2.19. The number of carbonyl (C=O) groups excluding carboxylic acids is 1. The standard InChI is InChI=1S/C17H16N4O2S/c1-12-7-17(23)21(11-20-12)10-16(22)19-9-13-4-5-18-14(8-13)15-3-2-6-24-15/h2-8,11H,9-10H2,1H3,(H,19,22). The molecule has 0 aliphatic heterocycles. The van der Waals surface area contributed by atoms with Crippen LogP contribution in [0.25, 0.3) is 10.6 Å². The molecule has 3 aromatic heterocycles. The predicted octanol–water partition coefficient (Wildman–Crippen LogP) is 1.99. The highest BCUT2D eigenvalue weighted by Crippen LogP contribution is 2.22. The largest absolute Gasteiger partial charge is 0.350 e. The Labute approximate surface area is 142 Å². The van der Waals surface area contributed by atoms with Gasteiger partial charge in [0, 0.05) is 24.5 Å². The van der Waals surface area contributed by atoms with E-state index >= 15 is 0 Å². The van der Waals surface area contributed by atoms with Crippen molar-refractivity contribution in [3.8, 4) is 10.6 Å². The smallest absolute Gasteiger partial charge is 0.253 e. The summed E-state index contributed by atoms with van der Waals surface area (Å²) in [5, 5.41) is 4.81. The van der Waals surface area contributed by atoms with Gasteiger partial charge in [0.1, 0.15) is 6.54 Å². The van der Waals surface area contributed by atoms with E-state index < -0.39 is 0 Å². The fraction of sp³-hybridized carbons (Fsp3) is 0.176. The summed E-state index contributed by atoms with van der Waals surface area (Å²) in [5.41, 5.74) is 2.24. The SMILES string of the molecule is Cc1cc(=O)n(CC(=O)NCc2ccnc(-c3cccs3)c2)cn1. The van der Waals surface area contributed by atoms with E-state index in [-0.39, 0.29) is 18.0 Å². The highest BCUT2D eigenvalue weighted by atomic mass is 32.1. The summed E-state index contributed by atoms with van der Waals surface area (Å²) in [6.45, 7) is 2.07. The van der Waals surface area contributed by atoms with Crippen LogP contribution in [-0.2, 0) is 17.9 Å². The first kappa shape index (κ1) is 16.1. The molecule has 3 rings (SSSR count). The number of thiophene rings is 1. The minimum absolute atomic E-state index is 0.0466. The summed E-state index contributed by atoms with van der Waals surface area (Å²) < 4.78 is 1.28. The molecular weight excluding hydrogens is 324 g/mol. The summed E-state index contributed by atoms with van der Waals surface area (Å²) >= 11 is 1.62. The van der Waals surface area contributed by atoms with Gasteiger partial charge in [-0.15, -0.1) is 11.3 Å². The molecule has 3 aromatic rings. The van der Waals surface area contributed by atoms with Crippen molar-refractivity contribution < 1.29 is 4.79 Å². The van der Waals surface area contributed by atoms with Crippen LogP contribution in [0.5, 0.6) is 0 Å². The number of hydrogen-bond donors (Lipinski definition) is 1. The van der Waals surface area contributed by atoms with Gasteiger partial charge in [-0.1, -0.05) is 6.07 Å². The van der Waals surface area contributed by atoms with Gasteiger partial charge in [0.05, 0.1) is 16.9 Å². The number of hydrogen-bond acceptors (Lipinski definition) is 5. The second kappa shape index (κ2) is 7.18. The van der Waals surface area contributed by atoms with Crippen LogP contribution in [0.4, 0.5) is 0 Å². The van der Waals surface area contributed by atoms with E-state index in [1.807, 2.05) is 29.6 Å². The monoisotopic (exact) mass is 340 g/mol. The zero-order chi connectivity index (χ0) is 16.9. The molecule has 0 aromatic carbocycles. The lowest BCUT2D eigenvalue weighted by Crippen LogP contribution is -2.32. The minimum atomic E-state index is -0.239. The number of aromatic nitrogens is 3. The third kappa shape index (κ3) is 3.94. The molecule has 0 fully saturated rings. The molecule has 0 saturated heterocycles. The number of rotatable bonds is 5. The molecule has 7 heteroatoms. The minimum Gasteiger partial charge on any atom is -0.350 e. The Morgan fingerprint density at radius 1 is 1.29 bits per heavy atom. The Balaban J connectivity index is 1.62. The molecule has 0 aliphatic rings. The first-order valence-corrected chi connectivity index (χ1v) is 8.28. The van der Waals surface area contributed by atoms with E-state index in [1.165, 1.54) is 17.0 Å². The molecule has 1 amide bonds. The number of nitrogens with zero attached hydrogens (tertiary/aromatic N) is 3. The number of carbonyl (C=O) groups is 1. The second-order valence-electron chi connectivity index (χ2n) is 5.30. The number of nitrogens with one attached hydrogen (secondary N) is 1. The Bertz CT molecular complexity index is 903. The molecule has 0 aliphatic carbocycles. The topological polar surface area (TPSA) is 76.9 Å². The Kier molecular flexibility index (Phi) is 4.81. The first-order valence-electron chi connectivity index (χ1n) is 7.40. The van der Waals surface area contributed by atoms with Crippen molar-refractivity contribution in [2.75, 3.05) is 0 Å². The van der Waals surface area contributed by atoms with Crippen LogP contribution >= 0.6 is 11.3 Å². The zero-order valence-corrected chi connectivity index (χ0v) is 13.9. The quantitative estimate of drug-likeness (QED) is 0.770. The average molecular weight is 340 g/mol. The lowest BCUT2D eigenvalue weighted by molar-refractivity contribution is -0.121. The van der Waals surface area contributed by atoms with Gasteiger partial charge >= 0.3 is 0 Å². The third-order valence-electron chi connectivity index (χ3n) is 3.42. The van der Waals surface area contributed by atoms with Crippen LogP contribution < -0.4 is 10.9 Å². The van der Waals surface area contributed by atoms with Crippen LogP contribution in [-0.4, -0.2) is 20.4 Å². The molecule has 3 heterocycles. The second-order valence-corrected chi connectivity index (χ2v) is 6.25. The van der Waals surface area contributed by atoms with E-state index in [9.17, 15) is 9.59 Å². The van der Waals surface area contributed by atoms with Gasteiger partial charge < -0.3 is 5.32 Å². The maximum Gasteiger partial charge on any atom is 0.253 e. The van der Waals surface area contributed by atoms with Crippen molar-refractivity contribution >= 4 is 17.2 Å². The first-order chi connectivity index (χ1) is 11.6. The van der Waals surface area contributed by atoms with Crippen LogP contribution in [0.15, 0.2) is 53.0 Å². The molecule has 0 bridgehead atoms. The Morgan fingerprint density at radius 3 is 2.92 bits per heavy atom. The predicted molar refractivity (Wildman–Crippen MR) is 92.6 cm³/mol. The van der Waals surface area contributed by atoms with Crippen molar-refractivity contribution in [1.82, 2.24) is 19.9 Å². The van der Waals surface area contributed by atoms with Crippen LogP contribution in [0.1, 0.15) is 11.3 Å².